The quantitative estimate of drug-likeness (QED) is 0.819. The fraction of sp³-hybridized carbons (Fsp3) is 0.500. The fourth-order valence-corrected chi connectivity index (χ4v) is 2.83. The molecule has 0 spiro atoms. The second-order valence-corrected chi connectivity index (χ2v) is 5.85. The van der Waals surface area contributed by atoms with E-state index in [1.54, 1.807) is 0 Å². The van der Waals surface area contributed by atoms with Gasteiger partial charge in [0.25, 0.3) is 0 Å². The molecule has 2 aromatic rings. The first-order valence-corrected chi connectivity index (χ1v) is 7.28. The number of aromatic amines is 1. The Balaban J connectivity index is 1.53. The summed E-state index contributed by atoms with van der Waals surface area (Å²) in [6.45, 7) is 3.72. The van der Waals surface area contributed by atoms with Gasteiger partial charge in [0.15, 0.2) is 0 Å². The molecule has 1 aliphatic rings. The molecule has 4 nitrogen and oxygen atoms in total. The van der Waals surface area contributed by atoms with Crippen LogP contribution in [-0.4, -0.2) is 23.1 Å². The van der Waals surface area contributed by atoms with Crippen LogP contribution in [0, 0.1) is 23.7 Å². The molecule has 1 heterocycles. The first-order valence-electron chi connectivity index (χ1n) is 7.28. The molecule has 0 aliphatic heterocycles. The first kappa shape index (κ1) is 13.1. The maximum atomic E-state index is 9.17. The Bertz CT molecular complexity index is 646. The summed E-state index contributed by atoms with van der Waals surface area (Å²) >= 11 is 0. The molecule has 1 aromatic heterocycles. The van der Waals surface area contributed by atoms with Gasteiger partial charge in [0.1, 0.15) is 5.82 Å². The van der Waals surface area contributed by atoms with Crippen molar-refractivity contribution < 1.29 is 0 Å². The first-order chi connectivity index (χ1) is 9.71. The van der Waals surface area contributed by atoms with Gasteiger partial charge in [-0.1, -0.05) is 12.5 Å². The summed E-state index contributed by atoms with van der Waals surface area (Å²) in [5.74, 6) is 0.955. The SMILES string of the molecule is Cc1nc2ccc(CCNCC3(C#N)CCC3)cc2[nH]1. The van der Waals surface area contributed by atoms with E-state index < -0.39 is 0 Å². The lowest BCUT2D eigenvalue weighted by Crippen LogP contribution is -2.39. The van der Waals surface area contributed by atoms with Gasteiger partial charge in [-0.25, -0.2) is 4.98 Å². The Hall–Kier alpha value is -1.86. The number of rotatable bonds is 5. The summed E-state index contributed by atoms with van der Waals surface area (Å²) in [4.78, 5) is 7.67. The molecule has 3 rings (SSSR count). The molecule has 1 aliphatic carbocycles. The molecule has 0 atom stereocenters. The number of benzene rings is 1. The minimum absolute atomic E-state index is 0.0789. The molecule has 20 heavy (non-hydrogen) atoms. The third-order valence-electron chi connectivity index (χ3n) is 4.27. The van der Waals surface area contributed by atoms with Gasteiger partial charge in [-0.3, -0.25) is 0 Å². The van der Waals surface area contributed by atoms with Gasteiger partial charge < -0.3 is 10.3 Å². The van der Waals surface area contributed by atoms with E-state index in [1.165, 1.54) is 12.0 Å². The third kappa shape index (κ3) is 2.54. The van der Waals surface area contributed by atoms with E-state index in [9.17, 15) is 5.26 Å². The molecule has 2 N–H and O–H groups in total. The summed E-state index contributed by atoms with van der Waals surface area (Å²) < 4.78 is 0. The Morgan fingerprint density at radius 1 is 1.45 bits per heavy atom. The van der Waals surface area contributed by atoms with Gasteiger partial charge in [0.2, 0.25) is 0 Å². The highest BCUT2D eigenvalue weighted by Gasteiger charge is 2.36. The van der Waals surface area contributed by atoms with E-state index in [1.807, 2.05) is 6.92 Å². The molecule has 1 fully saturated rings. The van der Waals surface area contributed by atoms with E-state index in [0.29, 0.717) is 0 Å². The lowest BCUT2D eigenvalue weighted by molar-refractivity contribution is 0.208. The lowest BCUT2D eigenvalue weighted by atomic mass is 9.70. The van der Waals surface area contributed by atoms with Crippen molar-refractivity contribution in [1.82, 2.24) is 15.3 Å². The zero-order chi connectivity index (χ0) is 14.0. The minimum atomic E-state index is -0.0789. The van der Waals surface area contributed by atoms with Gasteiger partial charge in [-0.15, -0.1) is 0 Å². The summed E-state index contributed by atoms with van der Waals surface area (Å²) in [5, 5.41) is 12.6. The maximum absolute atomic E-state index is 9.17. The molecule has 0 bridgehead atoms. The Morgan fingerprint density at radius 3 is 3.00 bits per heavy atom. The molecule has 0 radical (unpaired) electrons. The van der Waals surface area contributed by atoms with Crippen LogP contribution in [0.25, 0.3) is 11.0 Å². The Kier molecular flexibility index (Phi) is 3.45. The highest BCUT2D eigenvalue weighted by molar-refractivity contribution is 5.75. The van der Waals surface area contributed by atoms with Crippen LogP contribution in [0.1, 0.15) is 30.7 Å². The van der Waals surface area contributed by atoms with Crippen LogP contribution in [0.3, 0.4) is 0 Å². The molecular formula is C16H20N4. The number of nitrogens with zero attached hydrogens (tertiary/aromatic N) is 2. The third-order valence-corrected chi connectivity index (χ3v) is 4.27. The fourth-order valence-electron chi connectivity index (χ4n) is 2.83. The minimum Gasteiger partial charge on any atom is -0.342 e. The lowest BCUT2D eigenvalue weighted by Gasteiger charge is -2.35. The average Bonchev–Trinajstić information content (AvgIpc) is 2.76. The van der Waals surface area contributed by atoms with E-state index in [-0.39, 0.29) is 5.41 Å². The predicted molar refractivity (Wildman–Crippen MR) is 79.3 cm³/mol. The van der Waals surface area contributed by atoms with Crippen LogP contribution in [0.4, 0.5) is 0 Å². The second-order valence-electron chi connectivity index (χ2n) is 5.85. The maximum Gasteiger partial charge on any atom is 0.104 e. The van der Waals surface area contributed by atoms with Gasteiger partial charge >= 0.3 is 0 Å². The zero-order valence-electron chi connectivity index (χ0n) is 11.9. The molecule has 0 amide bonds. The summed E-state index contributed by atoms with van der Waals surface area (Å²) in [6.07, 6.45) is 4.28. The molecule has 1 saturated carbocycles. The van der Waals surface area contributed by atoms with Gasteiger partial charge in [0, 0.05) is 6.54 Å². The number of fused-ring (bicyclic) bond motifs is 1. The van der Waals surface area contributed by atoms with Crippen LogP contribution in [0.15, 0.2) is 18.2 Å². The summed E-state index contributed by atoms with van der Waals surface area (Å²) in [7, 11) is 0. The van der Waals surface area contributed by atoms with Crippen LogP contribution >= 0.6 is 0 Å². The Morgan fingerprint density at radius 2 is 2.30 bits per heavy atom. The number of nitriles is 1. The van der Waals surface area contributed by atoms with Crippen molar-refractivity contribution in [1.29, 1.82) is 5.26 Å². The number of hydrogen-bond acceptors (Lipinski definition) is 3. The highest BCUT2D eigenvalue weighted by Crippen LogP contribution is 2.39. The smallest absolute Gasteiger partial charge is 0.104 e. The van der Waals surface area contributed by atoms with Gasteiger partial charge in [0.05, 0.1) is 22.5 Å². The monoisotopic (exact) mass is 268 g/mol. The van der Waals surface area contributed by atoms with Gasteiger partial charge in [-0.05, 0) is 50.4 Å². The van der Waals surface area contributed by atoms with Gasteiger partial charge in [-0.2, -0.15) is 5.26 Å². The molecule has 0 saturated heterocycles. The van der Waals surface area contributed by atoms with Crippen molar-refractivity contribution in [2.45, 2.75) is 32.6 Å². The number of H-pyrrole nitrogens is 1. The van der Waals surface area contributed by atoms with Crippen LogP contribution < -0.4 is 5.32 Å². The van der Waals surface area contributed by atoms with E-state index in [0.717, 1.165) is 49.2 Å². The summed E-state index contributed by atoms with van der Waals surface area (Å²) in [6, 6.07) is 8.83. The average molecular weight is 268 g/mol. The zero-order valence-corrected chi connectivity index (χ0v) is 11.9. The predicted octanol–water partition coefficient (Wildman–Crippen LogP) is 2.70. The highest BCUT2D eigenvalue weighted by atomic mass is 14.9. The standard InChI is InChI=1S/C16H20N4/c1-12-19-14-4-3-13(9-15(14)20-12)5-8-18-11-16(10-17)6-2-7-16/h3-4,9,18H,2,5-8,11H2,1H3,(H,19,20). The molecule has 4 heteroatoms. The largest absolute Gasteiger partial charge is 0.342 e. The van der Waals surface area contributed by atoms with Crippen molar-refractivity contribution >= 4 is 11.0 Å². The van der Waals surface area contributed by atoms with Crippen molar-refractivity contribution in [2.75, 3.05) is 13.1 Å². The number of aryl methyl sites for hydroxylation is 1. The molecule has 0 unspecified atom stereocenters. The van der Waals surface area contributed by atoms with Crippen molar-refractivity contribution in [2.24, 2.45) is 5.41 Å². The van der Waals surface area contributed by atoms with E-state index in [4.69, 9.17) is 0 Å². The second kappa shape index (κ2) is 5.26. The molecule has 1 aromatic carbocycles. The molecule has 104 valence electrons. The van der Waals surface area contributed by atoms with Crippen LogP contribution in [0.5, 0.6) is 0 Å². The van der Waals surface area contributed by atoms with Crippen molar-refractivity contribution in [3.05, 3.63) is 29.6 Å². The number of aromatic nitrogens is 2. The van der Waals surface area contributed by atoms with Crippen LogP contribution in [-0.2, 0) is 6.42 Å². The summed E-state index contributed by atoms with van der Waals surface area (Å²) in [5.41, 5.74) is 3.35. The topological polar surface area (TPSA) is 64.5 Å². The van der Waals surface area contributed by atoms with E-state index >= 15 is 0 Å². The molecular weight excluding hydrogens is 248 g/mol. The normalized spacial score (nSPS) is 16.8. The number of nitrogens with one attached hydrogen (secondary N) is 2. The number of imidazole rings is 1. The van der Waals surface area contributed by atoms with Crippen molar-refractivity contribution in [3.8, 4) is 6.07 Å². The number of hydrogen-bond donors (Lipinski definition) is 2. The Labute approximate surface area is 119 Å². The van der Waals surface area contributed by atoms with E-state index in [2.05, 4.69) is 39.6 Å². The van der Waals surface area contributed by atoms with Crippen LogP contribution in [0.2, 0.25) is 0 Å². The van der Waals surface area contributed by atoms with Crippen molar-refractivity contribution in [3.63, 3.8) is 0 Å².